The largest absolute Gasteiger partial charge is 0.383 e. The summed E-state index contributed by atoms with van der Waals surface area (Å²) in [6.45, 7) is 3.88. The van der Waals surface area contributed by atoms with Gasteiger partial charge in [0.05, 0.1) is 18.3 Å². The van der Waals surface area contributed by atoms with E-state index >= 15 is 0 Å². The van der Waals surface area contributed by atoms with Gasteiger partial charge in [-0.3, -0.25) is 0 Å². The topological polar surface area (TPSA) is 41.5 Å². The highest BCUT2D eigenvalue weighted by Gasteiger charge is 2.32. The SMILES string of the molecule is CCCc1ccnc(N(c2cccc(SC)c2)N2CCC[C@H]2COC)n1. The van der Waals surface area contributed by atoms with Crippen molar-refractivity contribution in [1.29, 1.82) is 0 Å². The summed E-state index contributed by atoms with van der Waals surface area (Å²) < 4.78 is 5.47. The first kappa shape index (κ1) is 19.1. The van der Waals surface area contributed by atoms with E-state index < -0.39 is 0 Å². The van der Waals surface area contributed by atoms with Gasteiger partial charge < -0.3 is 4.74 Å². The summed E-state index contributed by atoms with van der Waals surface area (Å²) in [5.41, 5.74) is 2.19. The Bertz CT molecular complexity index is 712. The Labute approximate surface area is 160 Å². The molecule has 0 radical (unpaired) electrons. The second-order valence-electron chi connectivity index (χ2n) is 6.53. The molecule has 1 saturated heterocycles. The number of benzene rings is 1. The molecule has 0 amide bonds. The highest BCUT2D eigenvalue weighted by Crippen LogP contribution is 2.32. The molecule has 0 unspecified atom stereocenters. The molecule has 0 saturated carbocycles. The molecule has 0 bridgehead atoms. The second-order valence-corrected chi connectivity index (χ2v) is 7.41. The van der Waals surface area contributed by atoms with Crippen LogP contribution < -0.4 is 5.01 Å². The third kappa shape index (κ3) is 4.37. The molecule has 3 rings (SSSR count). The van der Waals surface area contributed by atoms with Gasteiger partial charge in [-0.05, 0) is 49.8 Å². The van der Waals surface area contributed by atoms with Gasteiger partial charge in [-0.1, -0.05) is 19.4 Å². The van der Waals surface area contributed by atoms with E-state index in [1.807, 2.05) is 12.3 Å². The van der Waals surface area contributed by atoms with E-state index in [4.69, 9.17) is 9.72 Å². The lowest BCUT2D eigenvalue weighted by Gasteiger charge is -2.36. The van der Waals surface area contributed by atoms with E-state index in [1.54, 1.807) is 18.9 Å². The number of hydrogen-bond donors (Lipinski definition) is 0. The normalized spacial score (nSPS) is 17.6. The van der Waals surface area contributed by atoms with Crippen molar-refractivity contribution in [3.63, 3.8) is 0 Å². The first-order valence-corrected chi connectivity index (χ1v) is 10.5. The summed E-state index contributed by atoms with van der Waals surface area (Å²) in [4.78, 5) is 10.7. The van der Waals surface area contributed by atoms with Crippen molar-refractivity contribution in [3.05, 3.63) is 42.2 Å². The molecular formula is C20H28N4OS. The van der Waals surface area contributed by atoms with Gasteiger partial charge in [0.25, 0.3) is 0 Å². The van der Waals surface area contributed by atoms with Crippen LogP contribution in [-0.4, -0.2) is 47.5 Å². The summed E-state index contributed by atoms with van der Waals surface area (Å²) in [5.74, 6) is 0.747. The van der Waals surface area contributed by atoms with Gasteiger partial charge in [0.2, 0.25) is 5.95 Å². The highest BCUT2D eigenvalue weighted by molar-refractivity contribution is 7.98. The molecule has 1 aromatic heterocycles. The molecule has 1 fully saturated rings. The predicted molar refractivity (Wildman–Crippen MR) is 108 cm³/mol. The fraction of sp³-hybridized carbons (Fsp3) is 0.500. The number of aryl methyl sites for hydroxylation is 1. The van der Waals surface area contributed by atoms with Gasteiger partial charge in [0.1, 0.15) is 0 Å². The van der Waals surface area contributed by atoms with Gasteiger partial charge >= 0.3 is 0 Å². The van der Waals surface area contributed by atoms with Crippen molar-refractivity contribution in [2.24, 2.45) is 0 Å². The van der Waals surface area contributed by atoms with Crippen LogP contribution in [0, 0.1) is 0 Å². The van der Waals surface area contributed by atoms with Crippen molar-refractivity contribution in [3.8, 4) is 0 Å². The van der Waals surface area contributed by atoms with E-state index in [-0.39, 0.29) is 0 Å². The highest BCUT2D eigenvalue weighted by atomic mass is 32.2. The van der Waals surface area contributed by atoms with Crippen LogP contribution in [0.2, 0.25) is 0 Å². The minimum Gasteiger partial charge on any atom is -0.383 e. The Morgan fingerprint density at radius 3 is 3.00 bits per heavy atom. The molecule has 2 aromatic rings. The molecule has 1 aliphatic heterocycles. The van der Waals surface area contributed by atoms with Gasteiger partial charge in [-0.15, -0.1) is 11.8 Å². The molecule has 1 aromatic carbocycles. The Morgan fingerprint density at radius 1 is 1.35 bits per heavy atom. The summed E-state index contributed by atoms with van der Waals surface area (Å²) in [5, 5.41) is 4.56. The van der Waals surface area contributed by atoms with Crippen LogP contribution in [0.3, 0.4) is 0 Å². The predicted octanol–water partition coefficient (Wildman–Crippen LogP) is 4.31. The Balaban J connectivity index is 2.02. The number of hydrazine groups is 1. The lowest BCUT2D eigenvalue weighted by Crippen LogP contribution is -2.45. The third-order valence-corrected chi connectivity index (χ3v) is 5.38. The molecular weight excluding hydrogens is 344 g/mol. The summed E-state index contributed by atoms with van der Waals surface area (Å²) in [6.07, 6.45) is 8.30. The molecule has 1 aliphatic rings. The van der Waals surface area contributed by atoms with Crippen LogP contribution in [0.4, 0.5) is 11.6 Å². The van der Waals surface area contributed by atoms with E-state index in [1.165, 1.54) is 4.90 Å². The standard InChI is InChI=1S/C20H28N4OS/c1-4-7-16-11-12-21-20(22-16)24(17-8-5-10-19(14-17)26-3)23-13-6-9-18(23)15-25-2/h5,8,10-12,14,18H,4,6-7,9,13,15H2,1-3H3/t18-/m0/s1. The fourth-order valence-corrected chi connectivity index (χ4v) is 3.90. The lowest BCUT2D eigenvalue weighted by atomic mass is 10.2. The average molecular weight is 373 g/mol. The smallest absolute Gasteiger partial charge is 0.245 e. The van der Waals surface area contributed by atoms with E-state index in [9.17, 15) is 0 Å². The quantitative estimate of drug-likeness (QED) is 0.643. The minimum absolute atomic E-state index is 0.344. The number of ether oxygens (including phenoxy) is 1. The first-order valence-electron chi connectivity index (χ1n) is 9.28. The summed E-state index contributed by atoms with van der Waals surface area (Å²) in [7, 11) is 1.77. The monoisotopic (exact) mass is 372 g/mol. The van der Waals surface area contributed by atoms with Crippen LogP contribution in [0.15, 0.2) is 41.4 Å². The van der Waals surface area contributed by atoms with Crippen LogP contribution >= 0.6 is 11.8 Å². The lowest BCUT2D eigenvalue weighted by molar-refractivity contribution is 0.115. The average Bonchev–Trinajstić information content (AvgIpc) is 3.11. The fourth-order valence-electron chi connectivity index (χ4n) is 3.45. The zero-order chi connectivity index (χ0) is 18.4. The van der Waals surface area contributed by atoms with Crippen molar-refractivity contribution < 1.29 is 4.74 Å². The van der Waals surface area contributed by atoms with Gasteiger partial charge in [-0.2, -0.15) is 0 Å². The molecule has 0 aliphatic carbocycles. The molecule has 5 nitrogen and oxygen atoms in total. The number of methoxy groups -OCH3 is 1. The molecule has 140 valence electrons. The van der Waals surface area contributed by atoms with E-state index in [2.05, 4.69) is 52.4 Å². The molecule has 0 spiro atoms. The summed E-state index contributed by atoms with van der Waals surface area (Å²) in [6, 6.07) is 10.9. The van der Waals surface area contributed by atoms with Gasteiger partial charge in [0.15, 0.2) is 0 Å². The zero-order valence-electron chi connectivity index (χ0n) is 15.9. The molecule has 26 heavy (non-hydrogen) atoms. The van der Waals surface area contributed by atoms with Crippen molar-refractivity contribution in [2.45, 2.75) is 43.5 Å². The molecule has 6 heteroatoms. The van der Waals surface area contributed by atoms with Crippen LogP contribution in [-0.2, 0) is 11.2 Å². The van der Waals surface area contributed by atoms with Gasteiger partial charge in [-0.25, -0.2) is 20.0 Å². The van der Waals surface area contributed by atoms with Gasteiger partial charge in [0, 0.05) is 30.4 Å². The van der Waals surface area contributed by atoms with E-state index in [0.717, 1.165) is 49.6 Å². The van der Waals surface area contributed by atoms with Crippen LogP contribution in [0.1, 0.15) is 31.9 Å². The first-order chi connectivity index (χ1) is 12.8. The van der Waals surface area contributed by atoms with Crippen molar-refractivity contribution in [1.82, 2.24) is 15.0 Å². The Morgan fingerprint density at radius 2 is 2.23 bits per heavy atom. The molecule has 1 atom stereocenters. The number of aromatic nitrogens is 2. The third-order valence-electron chi connectivity index (χ3n) is 4.66. The maximum atomic E-state index is 5.47. The number of anilines is 2. The minimum atomic E-state index is 0.344. The van der Waals surface area contributed by atoms with Crippen LogP contribution in [0.25, 0.3) is 0 Å². The molecule has 0 N–H and O–H groups in total. The number of nitrogens with zero attached hydrogens (tertiary/aromatic N) is 4. The second kappa shape index (κ2) is 9.35. The number of rotatable bonds is 8. The van der Waals surface area contributed by atoms with Crippen molar-refractivity contribution in [2.75, 3.05) is 31.5 Å². The Kier molecular flexibility index (Phi) is 6.88. The van der Waals surface area contributed by atoms with Crippen molar-refractivity contribution >= 4 is 23.4 Å². The van der Waals surface area contributed by atoms with E-state index in [0.29, 0.717) is 12.6 Å². The Hall–Kier alpha value is -1.63. The molecule has 2 heterocycles. The maximum Gasteiger partial charge on any atom is 0.245 e. The zero-order valence-corrected chi connectivity index (χ0v) is 16.7. The number of hydrogen-bond acceptors (Lipinski definition) is 6. The summed E-state index contributed by atoms with van der Waals surface area (Å²) >= 11 is 1.75. The number of thioether (sulfide) groups is 1. The maximum absolute atomic E-state index is 5.47. The van der Waals surface area contributed by atoms with Crippen LogP contribution in [0.5, 0.6) is 0 Å².